The first kappa shape index (κ1) is 20.5. The van der Waals surface area contributed by atoms with Crippen molar-refractivity contribution in [3.8, 4) is 0 Å². The number of fused-ring (bicyclic) bond motifs is 2. The van der Waals surface area contributed by atoms with Gasteiger partial charge in [-0.1, -0.05) is 36.3 Å². The maximum absolute atomic E-state index is 5.74. The van der Waals surface area contributed by atoms with E-state index >= 15 is 0 Å². The third-order valence-electron chi connectivity index (χ3n) is 5.53. The lowest BCUT2D eigenvalue weighted by molar-refractivity contribution is -0.000228. The summed E-state index contributed by atoms with van der Waals surface area (Å²) in [7, 11) is 0. The Morgan fingerprint density at radius 3 is 1.90 bits per heavy atom. The minimum atomic E-state index is -0.215. The average Bonchev–Trinajstić information content (AvgIpc) is 3.10. The smallest absolute Gasteiger partial charge is 0.125 e. The zero-order valence-electron chi connectivity index (χ0n) is 18.4. The molecule has 2 aromatic rings. The Bertz CT molecular complexity index is 995. The predicted molar refractivity (Wildman–Crippen MR) is 118 cm³/mol. The number of nitrogens with zero attached hydrogens (tertiary/aromatic N) is 4. The van der Waals surface area contributed by atoms with E-state index in [9.17, 15) is 0 Å². The molecule has 0 N–H and O–H groups in total. The van der Waals surface area contributed by atoms with Gasteiger partial charge in [-0.15, -0.1) is 0 Å². The monoisotopic (exact) mass is 406 g/mol. The van der Waals surface area contributed by atoms with Crippen LogP contribution in [-0.4, -0.2) is 34.6 Å². The van der Waals surface area contributed by atoms with Crippen LogP contribution >= 0.6 is 0 Å². The molecule has 2 aliphatic carbocycles. The number of pyridine rings is 2. The average molecular weight is 407 g/mol. The molecule has 158 valence electrons. The molecule has 0 saturated heterocycles. The molecule has 0 radical (unpaired) electrons. The minimum Gasteiger partial charge on any atom is -0.395 e. The van der Waals surface area contributed by atoms with Gasteiger partial charge < -0.3 is 9.68 Å². The summed E-state index contributed by atoms with van der Waals surface area (Å²) in [5, 5.41) is 8.81. The van der Waals surface area contributed by atoms with Crippen molar-refractivity contribution in [2.75, 3.05) is 13.2 Å². The van der Waals surface area contributed by atoms with E-state index in [4.69, 9.17) is 9.68 Å². The van der Waals surface area contributed by atoms with Gasteiger partial charge in [-0.05, 0) is 69.2 Å². The standard InChI is InChI=1S/C24H30N4O2/c1-16-8-10-18-6-5-7-20(22(18)25-16)27-29-14-24(3,4)15-30-28-21-13-12-19-11-9-17(2)26-23(19)21/h8-11H,5-7,12-15H2,1-4H3/b27-20+,28-21+. The van der Waals surface area contributed by atoms with Crippen molar-refractivity contribution in [1.82, 2.24) is 9.97 Å². The quantitative estimate of drug-likeness (QED) is 0.660. The van der Waals surface area contributed by atoms with Crippen molar-refractivity contribution in [1.29, 1.82) is 0 Å². The molecule has 0 saturated carbocycles. The second-order valence-corrected chi connectivity index (χ2v) is 9.06. The molecule has 0 unspecified atom stereocenters. The van der Waals surface area contributed by atoms with E-state index in [2.05, 4.69) is 52.3 Å². The fourth-order valence-electron chi connectivity index (χ4n) is 3.80. The van der Waals surface area contributed by atoms with Gasteiger partial charge in [-0.3, -0.25) is 9.97 Å². The fourth-order valence-corrected chi connectivity index (χ4v) is 3.80. The second kappa shape index (κ2) is 8.54. The summed E-state index contributed by atoms with van der Waals surface area (Å²) in [6, 6.07) is 8.40. The molecule has 2 aromatic heterocycles. The minimum absolute atomic E-state index is 0.215. The Morgan fingerprint density at radius 1 is 0.767 bits per heavy atom. The molecule has 0 atom stereocenters. The van der Waals surface area contributed by atoms with E-state index in [0.717, 1.165) is 66.3 Å². The highest BCUT2D eigenvalue weighted by atomic mass is 16.6. The van der Waals surface area contributed by atoms with Crippen molar-refractivity contribution >= 4 is 11.4 Å². The maximum Gasteiger partial charge on any atom is 0.125 e. The highest BCUT2D eigenvalue weighted by Gasteiger charge is 2.24. The molecule has 0 spiro atoms. The van der Waals surface area contributed by atoms with Crippen LogP contribution in [0.5, 0.6) is 0 Å². The van der Waals surface area contributed by atoms with Gasteiger partial charge in [-0.2, -0.15) is 0 Å². The summed E-state index contributed by atoms with van der Waals surface area (Å²) in [5.41, 5.74) is 8.16. The molecule has 6 heteroatoms. The van der Waals surface area contributed by atoms with Gasteiger partial charge in [0.15, 0.2) is 0 Å². The molecule has 0 fully saturated rings. The van der Waals surface area contributed by atoms with Gasteiger partial charge in [0.2, 0.25) is 0 Å². The van der Waals surface area contributed by atoms with Gasteiger partial charge in [0.1, 0.15) is 24.6 Å². The highest BCUT2D eigenvalue weighted by Crippen LogP contribution is 2.24. The molecule has 0 aromatic carbocycles. The first-order chi connectivity index (χ1) is 14.4. The van der Waals surface area contributed by atoms with Crippen LogP contribution in [0.3, 0.4) is 0 Å². The van der Waals surface area contributed by atoms with Crippen molar-refractivity contribution in [2.24, 2.45) is 15.7 Å². The first-order valence-corrected chi connectivity index (χ1v) is 10.7. The summed E-state index contributed by atoms with van der Waals surface area (Å²) in [6.45, 7) is 9.10. The zero-order chi connectivity index (χ0) is 21.1. The SMILES string of the molecule is Cc1ccc2c(n1)/C(=N/OCC(C)(C)CO/N=C1\CCc3ccc(C)nc31)CCC2. The summed E-state index contributed by atoms with van der Waals surface area (Å²) >= 11 is 0. The lowest BCUT2D eigenvalue weighted by Crippen LogP contribution is -2.24. The topological polar surface area (TPSA) is 69.0 Å². The van der Waals surface area contributed by atoms with Crippen LogP contribution in [0.4, 0.5) is 0 Å². The fraction of sp³-hybridized carbons (Fsp3) is 0.500. The Kier molecular flexibility index (Phi) is 5.84. The van der Waals surface area contributed by atoms with E-state index in [-0.39, 0.29) is 5.41 Å². The number of hydrogen-bond acceptors (Lipinski definition) is 6. The second-order valence-electron chi connectivity index (χ2n) is 9.06. The van der Waals surface area contributed by atoms with Gasteiger partial charge in [0.05, 0.1) is 11.4 Å². The lowest BCUT2D eigenvalue weighted by Gasteiger charge is -2.22. The van der Waals surface area contributed by atoms with E-state index < -0.39 is 0 Å². The molecule has 6 nitrogen and oxygen atoms in total. The number of aryl methyl sites for hydroxylation is 4. The van der Waals surface area contributed by atoms with E-state index in [1.54, 1.807) is 0 Å². The molecule has 2 aliphatic rings. The van der Waals surface area contributed by atoms with Crippen LogP contribution in [0, 0.1) is 19.3 Å². The predicted octanol–water partition coefficient (Wildman–Crippen LogP) is 4.54. The highest BCUT2D eigenvalue weighted by molar-refractivity contribution is 6.02. The normalized spacial score (nSPS) is 18.4. The maximum atomic E-state index is 5.74. The summed E-state index contributed by atoms with van der Waals surface area (Å²) < 4.78 is 0. The number of oxime groups is 2. The summed E-state index contributed by atoms with van der Waals surface area (Å²) in [5.74, 6) is 0. The molecule has 30 heavy (non-hydrogen) atoms. The number of hydrogen-bond donors (Lipinski definition) is 0. The van der Waals surface area contributed by atoms with E-state index in [1.807, 2.05) is 19.9 Å². The third-order valence-corrected chi connectivity index (χ3v) is 5.53. The van der Waals surface area contributed by atoms with Crippen LogP contribution in [0.2, 0.25) is 0 Å². The lowest BCUT2D eigenvalue weighted by atomic mass is 9.94. The van der Waals surface area contributed by atoms with Gasteiger partial charge in [-0.25, -0.2) is 0 Å². The van der Waals surface area contributed by atoms with Crippen LogP contribution in [-0.2, 0) is 22.5 Å². The van der Waals surface area contributed by atoms with Crippen molar-refractivity contribution < 1.29 is 9.68 Å². The van der Waals surface area contributed by atoms with Gasteiger partial charge in [0.25, 0.3) is 0 Å². The molecular formula is C24H30N4O2. The summed E-state index contributed by atoms with van der Waals surface area (Å²) in [4.78, 5) is 20.7. The molecule has 4 rings (SSSR count). The van der Waals surface area contributed by atoms with Crippen molar-refractivity contribution in [3.05, 3.63) is 58.2 Å². The number of rotatable bonds is 6. The van der Waals surface area contributed by atoms with Gasteiger partial charge >= 0.3 is 0 Å². The molecular weight excluding hydrogens is 376 g/mol. The Balaban J connectivity index is 1.34. The zero-order valence-corrected chi connectivity index (χ0v) is 18.4. The Hall–Kier alpha value is -2.76. The van der Waals surface area contributed by atoms with Crippen LogP contribution in [0.25, 0.3) is 0 Å². The Labute approximate surface area is 178 Å². The molecule has 0 bridgehead atoms. The summed E-state index contributed by atoms with van der Waals surface area (Å²) in [6.07, 6.45) is 4.89. The van der Waals surface area contributed by atoms with Gasteiger partial charge in [0, 0.05) is 16.8 Å². The van der Waals surface area contributed by atoms with E-state index in [0.29, 0.717) is 13.2 Å². The number of aromatic nitrogens is 2. The molecule has 0 aliphatic heterocycles. The third kappa shape index (κ3) is 4.69. The van der Waals surface area contributed by atoms with Crippen molar-refractivity contribution in [2.45, 2.75) is 59.8 Å². The van der Waals surface area contributed by atoms with E-state index in [1.165, 1.54) is 11.1 Å². The van der Waals surface area contributed by atoms with Crippen LogP contribution < -0.4 is 0 Å². The van der Waals surface area contributed by atoms with Crippen LogP contribution in [0.1, 0.15) is 67.0 Å². The molecule has 0 amide bonds. The Morgan fingerprint density at radius 2 is 1.30 bits per heavy atom. The van der Waals surface area contributed by atoms with Crippen LogP contribution in [0.15, 0.2) is 34.6 Å². The largest absolute Gasteiger partial charge is 0.395 e. The molecule has 2 heterocycles. The van der Waals surface area contributed by atoms with Crippen molar-refractivity contribution in [3.63, 3.8) is 0 Å². The first-order valence-electron chi connectivity index (χ1n) is 10.7.